The van der Waals surface area contributed by atoms with E-state index in [9.17, 15) is 13.2 Å². The number of anilines is 1. The van der Waals surface area contributed by atoms with Crippen molar-refractivity contribution >= 4 is 21.6 Å². The van der Waals surface area contributed by atoms with Crippen LogP contribution in [0.15, 0.2) is 84.0 Å². The van der Waals surface area contributed by atoms with E-state index in [0.717, 1.165) is 5.56 Å². The van der Waals surface area contributed by atoms with Crippen molar-refractivity contribution in [2.24, 2.45) is 0 Å². The molecule has 0 atom stereocenters. The Morgan fingerprint density at radius 2 is 1.65 bits per heavy atom. The number of amides is 1. The lowest BCUT2D eigenvalue weighted by atomic mass is 10.2. The maximum Gasteiger partial charge on any atom is 0.257 e. The highest BCUT2D eigenvalue weighted by atomic mass is 32.2. The fraction of sp³-hybridized carbons (Fsp3) is 0.0526. The van der Waals surface area contributed by atoms with Gasteiger partial charge in [-0.05, 0) is 42.0 Å². The van der Waals surface area contributed by atoms with Gasteiger partial charge in [-0.15, -0.1) is 0 Å². The van der Waals surface area contributed by atoms with E-state index in [2.05, 4.69) is 15.0 Å². The zero-order valence-corrected chi connectivity index (χ0v) is 14.6. The van der Waals surface area contributed by atoms with E-state index in [-0.39, 0.29) is 17.3 Å². The summed E-state index contributed by atoms with van der Waals surface area (Å²) in [6, 6.07) is 18.6. The second-order valence-corrected chi connectivity index (χ2v) is 7.30. The van der Waals surface area contributed by atoms with E-state index in [4.69, 9.17) is 0 Å². The van der Waals surface area contributed by atoms with Crippen LogP contribution in [0.25, 0.3) is 0 Å². The molecule has 1 amide bonds. The van der Waals surface area contributed by atoms with Gasteiger partial charge in [-0.1, -0.05) is 30.3 Å². The average Bonchev–Trinajstić information content (AvgIpc) is 2.68. The largest absolute Gasteiger partial charge is 0.322 e. The second-order valence-electron chi connectivity index (χ2n) is 5.53. The highest BCUT2D eigenvalue weighted by molar-refractivity contribution is 7.89. The minimum Gasteiger partial charge on any atom is -0.322 e. The van der Waals surface area contributed by atoms with Crippen LogP contribution in [0, 0.1) is 0 Å². The summed E-state index contributed by atoms with van der Waals surface area (Å²) in [6.45, 7) is 0.211. The molecule has 2 N–H and O–H groups in total. The van der Waals surface area contributed by atoms with Crippen LogP contribution in [0.2, 0.25) is 0 Å². The molecule has 0 fully saturated rings. The summed E-state index contributed by atoms with van der Waals surface area (Å²) in [7, 11) is -3.63. The van der Waals surface area contributed by atoms with Gasteiger partial charge < -0.3 is 5.32 Å². The van der Waals surface area contributed by atoms with Gasteiger partial charge in [0, 0.05) is 24.6 Å². The smallest absolute Gasteiger partial charge is 0.257 e. The van der Waals surface area contributed by atoms with Gasteiger partial charge in [-0.3, -0.25) is 9.78 Å². The Morgan fingerprint density at radius 1 is 0.923 bits per heavy atom. The van der Waals surface area contributed by atoms with E-state index in [1.54, 1.807) is 30.5 Å². The SMILES string of the molecule is O=C(Nc1ccc(S(=O)(=O)NCc2ccccc2)cc1)c1cccnc1. The zero-order chi connectivity index (χ0) is 18.4. The van der Waals surface area contributed by atoms with Gasteiger partial charge in [0.05, 0.1) is 10.5 Å². The lowest BCUT2D eigenvalue weighted by Crippen LogP contribution is -2.23. The number of sulfonamides is 1. The van der Waals surface area contributed by atoms with Crippen molar-refractivity contribution in [2.45, 2.75) is 11.4 Å². The van der Waals surface area contributed by atoms with Gasteiger partial charge in [0.1, 0.15) is 0 Å². The molecule has 0 unspecified atom stereocenters. The molecule has 0 bridgehead atoms. The predicted molar refractivity (Wildman–Crippen MR) is 99.1 cm³/mol. The van der Waals surface area contributed by atoms with Crippen LogP contribution >= 0.6 is 0 Å². The monoisotopic (exact) mass is 367 g/mol. The van der Waals surface area contributed by atoms with Gasteiger partial charge in [0.15, 0.2) is 0 Å². The Bertz CT molecular complexity index is 974. The van der Waals surface area contributed by atoms with Crippen LogP contribution in [-0.2, 0) is 16.6 Å². The van der Waals surface area contributed by atoms with Crippen LogP contribution in [0.5, 0.6) is 0 Å². The molecule has 2 aromatic carbocycles. The number of carbonyl (C=O) groups is 1. The van der Waals surface area contributed by atoms with Crippen molar-refractivity contribution in [3.63, 3.8) is 0 Å². The molecule has 1 heterocycles. The number of benzene rings is 2. The lowest BCUT2D eigenvalue weighted by molar-refractivity contribution is 0.102. The Hall–Kier alpha value is -3.03. The molecule has 3 aromatic rings. The van der Waals surface area contributed by atoms with E-state index >= 15 is 0 Å². The van der Waals surface area contributed by atoms with E-state index in [0.29, 0.717) is 11.3 Å². The van der Waals surface area contributed by atoms with E-state index < -0.39 is 10.0 Å². The van der Waals surface area contributed by atoms with Crippen LogP contribution in [-0.4, -0.2) is 19.3 Å². The average molecular weight is 367 g/mol. The molecule has 7 heteroatoms. The van der Waals surface area contributed by atoms with E-state index in [1.165, 1.54) is 18.3 Å². The van der Waals surface area contributed by atoms with Crippen LogP contribution < -0.4 is 10.0 Å². The second kappa shape index (κ2) is 7.90. The molecule has 0 aliphatic rings. The third-order valence-electron chi connectivity index (χ3n) is 3.66. The Kier molecular flexibility index (Phi) is 5.40. The van der Waals surface area contributed by atoms with Crippen molar-refractivity contribution in [3.8, 4) is 0 Å². The van der Waals surface area contributed by atoms with Gasteiger partial charge >= 0.3 is 0 Å². The fourth-order valence-corrected chi connectivity index (χ4v) is 3.29. The highest BCUT2D eigenvalue weighted by Crippen LogP contribution is 2.15. The first-order valence-electron chi connectivity index (χ1n) is 7.90. The molecule has 0 aliphatic carbocycles. The summed E-state index contributed by atoms with van der Waals surface area (Å²) in [5.41, 5.74) is 1.80. The summed E-state index contributed by atoms with van der Waals surface area (Å²) in [5, 5.41) is 2.70. The minimum atomic E-state index is -3.63. The molecule has 132 valence electrons. The number of hydrogen-bond acceptors (Lipinski definition) is 4. The maximum absolute atomic E-state index is 12.4. The first-order chi connectivity index (χ1) is 12.5. The van der Waals surface area contributed by atoms with Gasteiger partial charge in [0.2, 0.25) is 10.0 Å². The molecule has 0 saturated heterocycles. The summed E-state index contributed by atoms with van der Waals surface area (Å²) in [6.07, 6.45) is 3.04. The third-order valence-corrected chi connectivity index (χ3v) is 5.07. The molecule has 0 aliphatic heterocycles. The summed E-state index contributed by atoms with van der Waals surface area (Å²) >= 11 is 0. The molecule has 0 spiro atoms. The molecule has 0 saturated carbocycles. The number of nitrogens with zero attached hydrogens (tertiary/aromatic N) is 1. The third kappa shape index (κ3) is 4.53. The molecule has 6 nitrogen and oxygen atoms in total. The summed E-state index contributed by atoms with van der Waals surface area (Å²) in [4.78, 5) is 16.1. The van der Waals surface area contributed by atoms with Crippen molar-refractivity contribution in [2.75, 3.05) is 5.32 Å². The molecule has 1 aromatic heterocycles. The van der Waals surface area contributed by atoms with Gasteiger partial charge in [-0.2, -0.15) is 0 Å². The number of pyridine rings is 1. The summed E-state index contributed by atoms with van der Waals surface area (Å²) in [5.74, 6) is -0.309. The topological polar surface area (TPSA) is 88.2 Å². The number of hydrogen-bond donors (Lipinski definition) is 2. The standard InChI is InChI=1S/C19H17N3O3S/c23-19(16-7-4-12-20-14-16)22-17-8-10-18(11-9-17)26(24,25)21-13-15-5-2-1-3-6-15/h1-12,14,21H,13H2,(H,22,23). The normalized spacial score (nSPS) is 11.1. The van der Waals surface area contributed by atoms with Crippen molar-refractivity contribution in [3.05, 3.63) is 90.3 Å². The number of carbonyl (C=O) groups excluding carboxylic acids is 1. The molecule has 0 radical (unpaired) electrons. The number of rotatable bonds is 6. The lowest BCUT2D eigenvalue weighted by Gasteiger charge is -2.09. The first-order valence-corrected chi connectivity index (χ1v) is 9.38. The Labute approximate surface area is 152 Å². The number of nitrogens with one attached hydrogen (secondary N) is 2. The molecule has 3 rings (SSSR count). The van der Waals surface area contributed by atoms with Crippen molar-refractivity contribution in [1.29, 1.82) is 0 Å². The Morgan fingerprint density at radius 3 is 2.31 bits per heavy atom. The fourth-order valence-electron chi connectivity index (χ4n) is 2.28. The quantitative estimate of drug-likeness (QED) is 0.701. The summed E-state index contributed by atoms with van der Waals surface area (Å²) < 4.78 is 27.3. The predicted octanol–water partition coefficient (Wildman–Crippen LogP) is 2.81. The zero-order valence-electron chi connectivity index (χ0n) is 13.8. The Balaban J connectivity index is 1.65. The van der Waals surface area contributed by atoms with Crippen molar-refractivity contribution in [1.82, 2.24) is 9.71 Å². The highest BCUT2D eigenvalue weighted by Gasteiger charge is 2.14. The molecular weight excluding hydrogens is 350 g/mol. The van der Waals surface area contributed by atoms with Gasteiger partial charge in [-0.25, -0.2) is 13.1 Å². The minimum absolute atomic E-state index is 0.132. The molecular formula is C19H17N3O3S. The molecule has 26 heavy (non-hydrogen) atoms. The van der Waals surface area contributed by atoms with Gasteiger partial charge in [0.25, 0.3) is 5.91 Å². The van der Waals surface area contributed by atoms with E-state index in [1.807, 2.05) is 30.3 Å². The van der Waals surface area contributed by atoms with Crippen molar-refractivity contribution < 1.29 is 13.2 Å². The van der Waals surface area contributed by atoms with Crippen LogP contribution in [0.4, 0.5) is 5.69 Å². The maximum atomic E-state index is 12.4. The number of aromatic nitrogens is 1. The van der Waals surface area contributed by atoms with Crippen LogP contribution in [0.1, 0.15) is 15.9 Å². The first kappa shape index (κ1) is 17.8. The van der Waals surface area contributed by atoms with Crippen LogP contribution in [0.3, 0.4) is 0 Å².